The molecule has 0 spiro atoms. The molecule has 1 aromatic rings. The highest BCUT2D eigenvalue weighted by atomic mass is 16.2. The van der Waals surface area contributed by atoms with E-state index in [4.69, 9.17) is 10.5 Å². The van der Waals surface area contributed by atoms with Crippen LogP contribution in [0.5, 0.6) is 0 Å². The van der Waals surface area contributed by atoms with Crippen LogP contribution in [0, 0.1) is 13.8 Å². The van der Waals surface area contributed by atoms with E-state index in [1.54, 1.807) is 11.9 Å². The lowest BCUT2D eigenvalue weighted by molar-refractivity contribution is 0.251. The highest BCUT2D eigenvalue weighted by Crippen LogP contribution is 2.22. The van der Waals surface area contributed by atoms with Crippen LogP contribution in [-0.2, 0) is 4.79 Å². The molecule has 1 rings (SSSR count). The lowest BCUT2D eigenvalue weighted by atomic mass is 10.1. The summed E-state index contributed by atoms with van der Waals surface area (Å²) in [7, 11) is 4.68. The second-order valence-corrected chi connectivity index (χ2v) is 4.14. The summed E-state index contributed by atoms with van der Waals surface area (Å²) < 4.78 is 0. The molecule has 0 atom stereocenters. The van der Waals surface area contributed by atoms with Crippen molar-refractivity contribution in [3.05, 3.63) is 29.3 Å². The van der Waals surface area contributed by atoms with Gasteiger partial charge in [-0.2, -0.15) is 4.99 Å². The van der Waals surface area contributed by atoms with E-state index in [0.29, 0.717) is 0 Å². The largest absolute Gasteiger partial charge is 0.369 e. The van der Waals surface area contributed by atoms with Gasteiger partial charge in [0.2, 0.25) is 12.0 Å². The number of nitrogens with zero attached hydrogens (tertiary/aromatic N) is 3. The summed E-state index contributed by atoms with van der Waals surface area (Å²) in [6.07, 6.45) is 1.31. The fourth-order valence-electron chi connectivity index (χ4n) is 1.68. The number of aliphatic imine (C=N–C) groups is 2. The molecular formula is C14H21N5O2. The SMILES string of the molecule is CN=C=O.CNC(=O)/N=C(/N)N(C)c1c(C)cccc1C. The van der Waals surface area contributed by atoms with E-state index >= 15 is 0 Å². The van der Waals surface area contributed by atoms with Crippen LogP contribution in [0.25, 0.3) is 0 Å². The first-order valence-electron chi connectivity index (χ1n) is 6.20. The zero-order valence-electron chi connectivity index (χ0n) is 13.0. The van der Waals surface area contributed by atoms with Crippen LogP contribution >= 0.6 is 0 Å². The first-order valence-corrected chi connectivity index (χ1v) is 6.20. The van der Waals surface area contributed by atoms with Gasteiger partial charge in [-0.05, 0) is 25.0 Å². The highest BCUT2D eigenvalue weighted by molar-refractivity contribution is 6.01. The molecular weight excluding hydrogens is 270 g/mol. The van der Waals surface area contributed by atoms with Crippen molar-refractivity contribution >= 4 is 23.8 Å². The molecule has 0 aliphatic heterocycles. The quantitative estimate of drug-likeness (QED) is 0.463. The summed E-state index contributed by atoms with van der Waals surface area (Å²) in [5.41, 5.74) is 8.92. The first-order chi connectivity index (χ1) is 9.88. The van der Waals surface area contributed by atoms with Crippen LogP contribution in [0.2, 0.25) is 0 Å². The molecule has 0 bridgehead atoms. The van der Waals surface area contributed by atoms with E-state index < -0.39 is 6.03 Å². The number of carbonyl (C=O) groups excluding carboxylic acids is 2. The molecule has 0 radical (unpaired) electrons. The number of amides is 2. The van der Waals surface area contributed by atoms with Gasteiger partial charge in [0.1, 0.15) is 0 Å². The second-order valence-electron chi connectivity index (χ2n) is 4.14. The van der Waals surface area contributed by atoms with Crippen molar-refractivity contribution in [1.82, 2.24) is 5.32 Å². The molecule has 3 N–H and O–H groups in total. The Bertz CT molecular complexity index is 542. The van der Waals surface area contributed by atoms with Gasteiger partial charge in [0.25, 0.3) is 0 Å². The maximum absolute atomic E-state index is 11.1. The topological polar surface area (TPSA) is 100 Å². The predicted octanol–water partition coefficient (Wildman–Crippen LogP) is 1.35. The van der Waals surface area contributed by atoms with Crippen molar-refractivity contribution < 1.29 is 9.59 Å². The van der Waals surface area contributed by atoms with Gasteiger partial charge in [0, 0.05) is 26.8 Å². The minimum atomic E-state index is -0.458. The van der Waals surface area contributed by atoms with Crippen molar-refractivity contribution in [2.75, 3.05) is 26.0 Å². The Labute approximate surface area is 124 Å². The number of para-hydroxylation sites is 1. The van der Waals surface area contributed by atoms with Gasteiger partial charge < -0.3 is 16.0 Å². The van der Waals surface area contributed by atoms with Crippen molar-refractivity contribution in [3.8, 4) is 0 Å². The Hall–Kier alpha value is -2.66. The van der Waals surface area contributed by atoms with Gasteiger partial charge in [-0.3, -0.25) is 0 Å². The third kappa shape index (κ3) is 5.88. The number of anilines is 1. The first kappa shape index (κ1) is 18.3. The molecule has 0 heterocycles. The van der Waals surface area contributed by atoms with Crippen LogP contribution in [0.4, 0.5) is 10.5 Å². The third-order valence-corrected chi connectivity index (χ3v) is 2.64. The number of rotatable bonds is 1. The Morgan fingerprint density at radius 3 is 2.19 bits per heavy atom. The average molecular weight is 291 g/mol. The van der Waals surface area contributed by atoms with Crippen LogP contribution in [0.3, 0.4) is 0 Å². The van der Waals surface area contributed by atoms with E-state index in [1.807, 2.05) is 32.0 Å². The maximum Gasteiger partial charge on any atom is 0.343 e. The minimum absolute atomic E-state index is 0.168. The zero-order chi connectivity index (χ0) is 16.4. The molecule has 2 amide bonds. The van der Waals surface area contributed by atoms with Crippen LogP contribution in [-0.4, -0.2) is 39.2 Å². The van der Waals surface area contributed by atoms with Crippen LogP contribution in [0.1, 0.15) is 11.1 Å². The van der Waals surface area contributed by atoms with Crippen molar-refractivity contribution in [3.63, 3.8) is 0 Å². The number of isocyanates is 1. The van der Waals surface area contributed by atoms with Crippen molar-refractivity contribution in [2.45, 2.75) is 13.8 Å². The number of hydrogen-bond donors (Lipinski definition) is 2. The zero-order valence-corrected chi connectivity index (χ0v) is 13.0. The number of benzene rings is 1. The lowest BCUT2D eigenvalue weighted by Gasteiger charge is -2.22. The average Bonchev–Trinajstić information content (AvgIpc) is 2.46. The fourth-order valence-corrected chi connectivity index (χ4v) is 1.68. The Balaban J connectivity index is 0.000000885. The maximum atomic E-state index is 11.1. The van der Waals surface area contributed by atoms with Gasteiger partial charge in [-0.1, -0.05) is 18.2 Å². The number of aryl methyl sites for hydroxylation is 2. The van der Waals surface area contributed by atoms with E-state index in [-0.39, 0.29) is 5.96 Å². The standard InChI is InChI=1S/C12H18N4O.C2H3NO/c1-8-6-5-7-9(2)10(8)16(4)11(13)15-12(17)14-3;1-3-2-4/h5-7H,1-4H3,(H3,13,14,15,17);1H3. The number of carbonyl (C=O) groups is 1. The number of urea groups is 1. The third-order valence-electron chi connectivity index (χ3n) is 2.64. The van der Waals surface area contributed by atoms with Gasteiger partial charge in [0.05, 0.1) is 0 Å². The number of nitrogens with two attached hydrogens (primary N) is 1. The summed E-state index contributed by atoms with van der Waals surface area (Å²) in [6.45, 7) is 3.98. The highest BCUT2D eigenvalue weighted by Gasteiger charge is 2.11. The molecule has 0 saturated carbocycles. The van der Waals surface area contributed by atoms with Gasteiger partial charge >= 0.3 is 6.03 Å². The molecule has 0 aliphatic rings. The molecule has 7 heteroatoms. The normalized spacial score (nSPS) is 9.86. The van der Waals surface area contributed by atoms with Crippen molar-refractivity contribution in [1.29, 1.82) is 0 Å². The van der Waals surface area contributed by atoms with Gasteiger partial charge in [-0.25, -0.2) is 14.6 Å². The molecule has 21 heavy (non-hydrogen) atoms. The number of hydrogen-bond acceptors (Lipinski definition) is 3. The summed E-state index contributed by atoms with van der Waals surface area (Å²) in [5, 5.41) is 2.40. The van der Waals surface area contributed by atoms with E-state index in [2.05, 4.69) is 15.3 Å². The van der Waals surface area contributed by atoms with E-state index in [1.165, 1.54) is 20.2 Å². The van der Waals surface area contributed by atoms with Crippen LogP contribution in [0.15, 0.2) is 28.2 Å². The van der Waals surface area contributed by atoms with Crippen LogP contribution < -0.4 is 16.0 Å². The summed E-state index contributed by atoms with van der Waals surface area (Å²) in [6, 6.07) is 5.51. The molecule has 1 aromatic carbocycles. The van der Waals surface area contributed by atoms with E-state index in [0.717, 1.165) is 16.8 Å². The second kappa shape index (κ2) is 9.28. The monoisotopic (exact) mass is 291 g/mol. The molecule has 0 unspecified atom stereocenters. The molecule has 7 nitrogen and oxygen atoms in total. The summed E-state index contributed by atoms with van der Waals surface area (Å²) in [4.78, 5) is 28.4. The molecule has 0 aromatic heterocycles. The number of guanidine groups is 1. The van der Waals surface area contributed by atoms with Crippen molar-refractivity contribution in [2.24, 2.45) is 15.7 Å². The Morgan fingerprint density at radius 2 is 1.81 bits per heavy atom. The fraction of sp³-hybridized carbons (Fsp3) is 0.357. The van der Waals surface area contributed by atoms with Gasteiger partial charge in [-0.15, -0.1) is 0 Å². The summed E-state index contributed by atoms with van der Waals surface area (Å²) in [5.74, 6) is 0.168. The lowest BCUT2D eigenvalue weighted by Crippen LogP contribution is -2.36. The Morgan fingerprint density at radius 1 is 1.33 bits per heavy atom. The van der Waals surface area contributed by atoms with Gasteiger partial charge in [0.15, 0.2) is 0 Å². The summed E-state index contributed by atoms with van der Waals surface area (Å²) >= 11 is 0. The smallest absolute Gasteiger partial charge is 0.343 e. The molecule has 0 aliphatic carbocycles. The minimum Gasteiger partial charge on any atom is -0.369 e. The Kier molecular flexibility index (Phi) is 8.10. The number of nitrogens with one attached hydrogen (secondary N) is 1. The molecule has 0 saturated heterocycles. The predicted molar refractivity (Wildman–Crippen MR) is 84.4 cm³/mol. The van der Waals surface area contributed by atoms with E-state index in [9.17, 15) is 4.79 Å². The molecule has 0 fully saturated rings. The molecule has 114 valence electrons.